The molecule has 0 spiro atoms. The standard InChI is InChI=1S/C24H29F2NO5/c1-14-19(23(28)31-12-11-30-3)21(17-9-6-10-18(25)22(17)26)20(15(2)27-14)24(29)32-13-16-7-4-5-8-16/h6,9-10,16,21,27H,4-5,7-8,11-13H2,1-3H3. The number of allylic oxidation sites excluding steroid dienone is 2. The molecule has 1 saturated carbocycles. The molecule has 32 heavy (non-hydrogen) atoms. The summed E-state index contributed by atoms with van der Waals surface area (Å²) in [6.45, 7) is 3.68. The van der Waals surface area contributed by atoms with Crippen molar-refractivity contribution in [1.82, 2.24) is 5.32 Å². The van der Waals surface area contributed by atoms with Gasteiger partial charge in [0.05, 0.1) is 30.3 Å². The predicted octanol–water partition coefficient (Wildman–Crippen LogP) is 4.12. The number of carbonyl (C=O) groups is 2. The second kappa shape index (κ2) is 10.7. The minimum atomic E-state index is -1.17. The summed E-state index contributed by atoms with van der Waals surface area (Å²) in [7, 11) is 1.47. The monoisotopic (exact) mass is 449 g/mol. The van der Waals surface area contributed by atoms with E-state index in [9.17, 15) is 18.4 Å². The Morgan fingerprint density at radius 1 is 1.00 bits per heavy atom. The molecule has 0 saturated heterocycles. The van der Waals surface area contributed by atoms with Crippen LogP contribution in [0.2, 0.25) is 0 Å². The van der Waals surface area contributed by atoms with Crippen LogP contribution < -0.4 is 5.32 Å². The van der Waals surface area contributed by atoms with Crippen molar-refractivity contribution in [1.29, 1.82) is 0 Å². The zero-order chi connectivity index (χ0) is 23.3. The van der Waals surface area contributed by atoms with Crippen LogP contribution in [0.15, 0.2) is 40.7 Å². The third kappa shape index (κ3) is 5.18. The molecule has 1 aliphatic heterocycles. The minimum Gasteiger partial charge on any atom is -0.462 e. The summed E-state index contributed by atoms with van der Waals surface area (Å²) in [6, 6.07) is 3.69. The number of carbonyl (C=O) groups excluding carboxylic acids is 2. The number of benzene rings is 1. The van der Waals surface area contributed by atoms with Crippen LogP contribution in [-0.2, 0) is 23.8 Å². The van der Waals surface area contributed by atoms with E-state index in [-0.39, 0.29) is 42.4 Å². The van der Waals surface area contributed by atoms with Gasteiger partial charge in [-0.15, -0.1) is 0 Å². The molecule has 1 unspecified atom stereocenters. The molecular weight excluding hydrogens is 420 g/mol. The van der Waals surface area contributed by atoms with E-state index in [0.717, 1.165) is 31.7 Å². The third-order valence-corrected chi connectivity index (χ3v) is 5.94. The fourth-order valence-corrected chi connectivity index (χ4v) is 4.33. The Labute approximate surface area is 186 Å². The van der Waals surface area contributed by atoms with Gasteiger partial charge in [-0.05, 0) is 38.7 Å². The van der Waals surface area contributed by atoms with E-state index in [4.69, 9.17) is 14.2 Å². The van der Waals surface area contributed by atoms with Gasteiger partial charge in [0.25, 0.3) is 0 Å². The van der Waals surface area contributed by atoms with Crippen molar-refractivity contribution in [3.8, 4) is 0 Å². The minimum absolute atomic E-state index is 0.0192. The Morgan fingerprint density at radius 3 is 2.25 bits per heavy atom. The zero-order valence-electron chi connectivity index (χ0n) is 18.6. The highest BCUT2D eigenvalue weighted by Crippen LogP contribution is 2.40. The van der Waals surface area contributed by atoms with E-state index in [1.54, 1.807) is 13.8 Å². The van der Waals surface area contributed by atoms with Crippen molar-refractivity contribution in [2.75, 3.05) is 26.9 Å². The largest absolute Gasteiger partial charge is 0.462 e. The number of methoxy groups -OCH3 is 1. The first-order chi connectivity index (χ1) is 15.3. The van der Waals surface area contributed by atoms with Gasteiger partial charge < -0.3 is 19.5 Å². The molecule has 1 N–H and O–H groups in total. The summed E-state index contributed by atoms with van der Waals surface area (Å²) in [5, 5.41) is 3.00. The first kappa shape index (κ1) is 23.9. The van der Waals surface area contributed by atoms with Crippen LogP contribution in [0.5, 0.6) is 0 Å². The number of nitrogens with one attached hydrogen (secondary N) is 1. The lowest BCUT2D eigenvalue weighted by Crippen LogP contribution is -2.33. The van der Waals surface area contributed by atoms with Crippen molar-refractivity contribution in [3.05, 3.63) is 57.9 Å². The fourth-order valence-electron chi connectivity index (χ4n) is 4.33. The van der Waals surface area contributed by atoms with Gasteiger partial charge in [0, 0.05) is 24.1 Å². The van der Waals surface area contributed by atoms with Gasteiger partial charge in [0.2, 0.25) is 0 Å². The lowest BCUT2D eigenvalue weighted by atomic mass is 9.80. The smallest absolute Gasteiger partial charge is 0.336 e. The summed E-state index contributed by atoms with van der Waals surface area (Å²) in [5.74, 6) is -4.47. The number of rotatable bonds is 8. The maximum atomic E-state index is 14.9. The zero-order valence-corrected chi connectivity index (χ0v) is 18.6. The fraction of sp³-hybridized carbons (Fsp3) is 0.500. The van der Waals surface area contributed by atoms with E-state index in [0.29, 0.717) is 11.4 Å². The average Bonchev–Trinajstić information content (AvgIpc) is 3.27. The van der Waals surface area contributed by atoms with Crippen molar-refractivity contribution in [2.45, 2.75) is 45.4 Å². The van der Waals surface area contributed by atoms with Gasteiger partial charge in [-0.1, -0.05) is 25.0 Å². The van der Waals surface area contributed by atoms with E-state index >= 15 is 0 Å². The van der Waals surface area contributed by atoms with Crippen LogP contribution >= 0.6 is 0 Å². The number of dihydropyridines is 1. The molecule has 1 atom stereocenters. The van der Waals surface area contributed by atoms with Gasteiger partial charge in [-0.2, -0.15) is 0 Å². The highest BCUT2D eigenvalue weighted by molar-refractivity contribution is 5.99. The Hall–Kier alpha value is -2.74. The highest BCUT2D eigenvalue weighted by atomic mass is 19.2. The molecule has 8 heteroatoms. The lowest BCUT2D eigenvalue weighted by Gasteiger charge is -2.31. The first-order valence-corrected chi connectivity index (χ1v) is 10.8. The molecule has 6 nitrogen and oxygen atoms in total. The molecule has 3 rings (SSSR count). The Morgan fingerprint density at radius 2 is 1.62 bits per heavy atom. The van der Waals surface area contributed by atoms with Crippen LogP contribution in [0.4, 0.5) is 8.78 Å². The number of hydrogen-bond acceptors (Lipinski definition) is 6. The molecule has 0 aromatic heterocycles. The highest BCUT2D eigenvalue weighted by Gasteiger charge is 2.40. The first-order valence-electron chi connectivity index (χ1n) is 10.8. The summed E-state index contributed by atoms with van der Waals surface area (Å²) in [5.41, 5.74) is 0.782. The average molecular weight is 449 g/mol. The van der Waals surface area contributed by atoms with E-state index < -0.39 is 29.5 Å². The second-order valence-corrected chi connectivity index (χ2v) is 8.16. The Balaban J connectivity index is 1.99. The van der Waals surface area contributed by atoms with E-state index in [1.165, 1.54) is 19.2 Å². The van der Waals surface area contributed by atoms with Crippen LogP contribution in [0.25, 0.3) is 0 Å². The molecule has 0 radical (unpaired) electrons. The quantitative estimate of drug-likeness (QED) is 0.475. The molecule has 0 bridgehead atoms. The maximum absolute atomic E-state index is 14.9. The summed E-state index contributed by atoms with van der Waals surface area (Å²) < 4.78 is 44.7. The predicted molar refractivity (Wildman–Crippen MR) is 113 cm³/mol. The van der Waals surface area contributed by atoms with Crippen molar-refractivity contribution < 1.29 is 32.6 Å². The van der Waals surface area contributed by atoms with Crippen LogP contribution in [0, 0.1) is 17.6 Å². The summed E-state index contributed by atoms with van der Waals surface area (Å²) in [6.07, 6.45) is 4.17. The Kier molecular flexibility index (Phi) is 8.01. The summed E-state index contributed by atoms with van der Waals surface area (Å²) in [4.78, 5) is 26.1. The topological polar surface area (TPSA) is 73.9 Å². The van der Waals surface area contributed by atoms with E-state index in [2.05, 4.69) is 5.32 Å². The molecule has 2 aliphatic rings. The van der Waals surface area contributed by atoms with Gasteiger partial charge >= 0.3 is 11.9 Å². The summed E-state index contributed by atoms with van der Waals surface area (Å²) >= 11 is 0. The van der Waals surface area contributed by atoms with Gasteiger partial charge in [0.15, 0.2) is 11.6 Å². The van der Waals surface area contributed by atoms with E-state index in [1.807, 2.05) is 0 Å². The molecular formula is C24H29F2NO5. The number of ether oxygens (including phenoxy) is 3. The van der Waals surface area contributed by atoms with Crippen LogP contribution in [0.3, 0.4) is 0 Å². The molecule has 1 fully saturated rings. The van der Waals surface area contributed by atoms with Gasteiger partial charge in [0.1, 0.15) is 6.61 Å². The van der Waals surface area contributed by atoms with Crippen molar-refractivity contribution >= 4 is 11.9 Å². The van der Waals surface area contributed by atoms with Crippen LogP contribution in [0.1, 0.15) is 51.0 Å². The maximum Gasteiger partial charge on any atom is 0.336 e. The normalized spacial score (nSPS) is 19.2. The molecule has 0 amide bonds. The molecule has 1 aromatic rings. The molecule has 1 heterocycles. The lowest BCUT2D eigenvalue weighted by molar-refractivity contribution is -0.141. The van der Waals surface area contributed by atoms with Gasteiger partial charge in [-0.25, -0.2) is 18.4 Å². The van der Waals surface area contributed by atoms with Crippen molar-refractivity contribution in [3.63, 3.8) is 0 Å². The molecule has 174 valence electrons. The number of halogens is 2. The SMILES string of the molecule is COCCOC(=O)C1=C(C)NC(C)=C(C(=O)OCC2CCCC2)C1c1cccc(F)c1F. The number of esters is 2. The number of hydrogen-bond donors (Lipinski definition) is 1. The second-order valence-electron chi connectivity index (χ2n) is 8.16. The third-order valence-electron chi connectivity index (χ3n) is 5.94. The molecule has 1 aliphatic carbocycles. The van der Waals surface area contributed by atoms with Gasteiger partial charge in [-0.3, -0.25) is 0 Å². The van der Waals surface area contributed by atoms with Crippen LogP contribution in [-0.4, -0.2) is 38.9 Å². The Bertz CT molecular complexity index is 934. The molecule has 1 aromatic carbocycles. The van der Waals surface area contributed by atoms with Crippen molar-refractivity contribution in [2.24, 2.45) is 5.92 Å².